The molecular weight excluding hydrogens is 451 g/mol. The van der Waals surface area contributed by atoms with Crippen LogP contribution < -0.4 is 15.2 Å². The molecule has 1 aliphatic rings. The Labute approximate surface area is 180 Å². The minimum atomic E-state index is -0.726. The van der Waals surface area contributed by atoms with E-state index < -0.39 is 17.7 Å². The maximum absolute atomic E-state index is 14.5. The van der Waals surface area contributed by atoms with Crippen molar-refractivity contribution in [1.29, 1.82) is 5.26 Å². The number of carbonyl (C=O) groups is 1. The molecule has 4 rings (SSSR count). The summed E-state index contributed by atoms with van der Waals surface area (Å²) in [7, 11) is 0. The fourth-order valence-corrected chi connectivity index (χ4v) is 3.54. The van der Waals surface area contributed by atoms with Gasteiger partial charge in [-0.05, 0) is 36.4 Å². The van der Waals surface area contributed by atoms with Crippen molar-refractivity contribution >= 4 is 21.9 Å². The molecule has 3 aromatic rings. The maximum atomic E-state index is 14.5. The van der Waals surface area contributed by atoms with E-state index in [2.05, 4.69) is 15.9 Å². The summed E-state index contributed by atoms with van der Waals surface area (Å²) in [6.07, 6.45) is 0. The second-order valence-electron chi connectivity index (χ2n) is 6.54. The van der Waals surface area contributed by atoms with Gasteiger partial charge in [0.25, 0.3) is 0 Å². The molecule has 7 heteroatoms. The first-order chi connectivity index (χ1) is 14.5. The third-order valence-electron chi connectivity index (χ3n) is 4.70. The number of fused-ring (bicyclic) bond motifs is 1. The van der Waals surface area contributed by atoms with Crippen LogP contribution in [0.1, 0.15) is 27.4 Å². The molecule has 30 heavy (non-hydrogen) atoms. The highest BCUT2D eigenvalue weighted by Gasteiger charge is 2.32. The Balaban J connectivity index is 1.70. The number of ether oxygens (including phenoxy) is 2. The molecule has 2 N–H and O–H groups in total. The third kappa shape index (κ3) is 3.65. The van der Waals surface area contributed by atoms with Crippen LogP contribution in [0.25, 0.3) is 0 Å². The molecule has 0 amide bonds. The number of nitriles is 1. The summed E-state index contributed by atoms with van der Waals surface area (Å²) >= 11 is 3.31. The molecular formula is C23H14BrFN2O3. The zero-order chi connectivity index (χ0) is 21.3. The largest absolute Gasteiger partial charge is 0.440 e. The van der Waals surface area contributed by atoms with Gasteiger partial charge in [0, 0.05) is 21.7 Å². The van der Waals surface area contributed by atoms with Crippen molar-refractivity contribution in [2.45, 2.75) is 5.92 Å². The van der Waals surface area contributed by atoms with E-state index in [0.29, 0.717) is 22.4 Å². The summed E-state index contributed by atoms with van der Waals surface area (Å²) in [5.74, 6) is -1.30. The molecule has 0 fully saturated rings. The van der Waals surface area contributed by atoms with Crippen molar-refractivity contribution in [3.05, 3.63) is 105 Å². The van der Waals surface area contributed by atoms with E-state index in [9.17, 15) is 14.4 Å². The van der Waals surface area contributed by atoms with Crippen LogP contribution in [-0.2, 0) is 0 Å². The minimum absolute atomic E-state index is 0.116. The van der Waals surface area contributed by atoms with E-state index in [4.69, 9.17) is 15.2 Å². The number of esters is 1. The van der Waals surface area contributed by atoms with Crippen molar-refractivity contribution < 1.29 is 18.7 Å². The van der Waals surface area contributed by atoms with Gasteiger partial charge in [0.05, 0.1) is 11.5 Å². The highest BCUT2D eigenvalue weighted by molar-refractivity contribution is 9.10. The molecule has 3 aromatic carbocycles. The Morgan fingerprint density at radius 1 is 1.10 bits per heavy atom. The summed E-state index contributed by atoms with van der Waals surface area (Å²) in [6, 6.07) is 19.7. The molecule has 0 aliphatic carbocycles. The van der Waals surface area contributed by atoms with Gasteiger partial charge in [-0.2, -0.15) is 5.26 Å². The highest BCUT2D eigenvalue weighted by Crippen LogP contribution is 2.44. The molecule has 0 radical (unpaired) electrons. The SMILES string of the molecule is N#CC1=C(N)Oc2cc(OC(=O)c3ccc(Br)cc3)ccc2C1c1ccccc1F. The predicted molar refractivity (Wildman–Crippen MR) is 111 cm³/mol. The Bertz CT molecular complexity index is 1220. The monoisotopic (exact) mass is 464 g/mol. The average Bonchev–Trinajstić information content (AvgIpc) is 2.73. The lowest BCUT2D eigenvalue weighted by Crippen LogP contribution is -2.21. The van der Waals surface area contributed by atoms with Crippen LogP contribution >= 0.6 is 15.9 Å². The summed E-state index contributed by atoms with van der Waals surface area (Å²) in [5, 5.41) is 9.57. The number of benzene rings is 3. The van der Waals surface area contributed by atoms with Crippen LogP contribution in [0.3, 0.4) is 0 Å². The number of allylic oxidation sites excluding steroid dienone is 1. The van der Waals surface area contributed by atoms with Crippen LogP contribution in [0.5, 0.6) is 11.5 Å². The number of nitrogens with zero attached hydrogens (tertiary/aromatic N) is 1. The number of nitrogens with two attached hydrogens (primary N) is 1. The van der Waals surface area contributed by atoms with Gasteiger partial charge in [-0.1, -0.05) is 40.2 Å². The fraction of sp³-hybridized carbons (Fsp3) is 0.0435. The highest BCUT2D eigenvalue weighted by atomic mass is 79.9. The molecule has 1 unspecified atom stereocenters. The molecule has 0 saturated carbocycles. The zero-order valence-electron chi connectivity index (χ0n) is 15.4. The van der Waals surface area contributed by atoms with Crippen molar-refractivity contribution in [3.8, 4) is 17.6 Å². The molecule has 0 bridgehead atoms. The lowest BCUT2D eigenvalue weighted by atomic mass is 9.83. The smallest absolute Gasteiger partial charge is 0.343 e. The van der Waals surface area contributed by atoms with Crippen LogP contribution in [0.15, 0.2) is 82.7 Å². The Hall–Kier alpha value is -3.63. The fourth-order valence-electron chi connectivity index (χ4n) is 3.28. The van der Waals surface area contributed by atoms with Gasteiger partial charge in [0.15, 0.2) is 0 Å². The van der Waals surface area contributed by atoms with E-state index in [1.54, 1.807) is 54.6 Å². The summed E-state index contributed by atoms with van der Waals surface area (Å²) < 4.78 is 26.3. The first-order valence-corrected chi connectivity index (χ1v) is 9.71. The van der Waals surface area contributed by atoms with E-state index in [-0.39, 0.29) is 17.2 Å². The van der Waals surface area contributed by atoms with Gasteiger partial charge < -0.3 is 15.2 Å². The van der Waals surface area contributed by atoms with E-state index in [1.807, 2.05) is 6.07 Å². The van der Waals surface area contributed by atoms with Crippen molar-refractivity contribution in [3.63, 3.8) is 0 Å². The Morgan fingerprint density at radius 2 is 1.83 bits per heavy atom. The van der Waals surface area contributed by atoms with Gasteiger partial charge in [-0.3, -0.25) is 0 Å². The van der Waals surface area contributed by atoms with Gasteiger partial charge in [-0.25, -0.2) is 9.18 Å². The Kier molecular flexibility index (Phi) is 5.25. The quantitative estimate of drug-likeness (QED) is 0.434. The van der Waals surface area contributed by atoms with Crippen molar-refractivity contribution in [2.75, 3.05) is 0 Å². The number of halogens is 2. The third-order valence-corrected chi connectivity index (χ3v) is 5.23. The first kappa shape index (κ1) is 19.7. The zero-order valence-corrected chi connectivity index (χ0v) is 17.0. The second-order valence-corrected chi connectivity index (χ2v) is 7.46. The molecule has 1 aliphatic heterocycles. The minimum Gasteiger partial charge on any atom is -0.440 e. The molecule has 0 saturated heterocycles. The lowest BCUT2D eigenvalue weighted by molar-refractivity contribution is 0.0734. The molecule has 1 atom stereocenters. The van der Waals surface area contributed by atoms with Crippen LogP contribution in [0.4, 0.5) is 4.39 Å². The van der Waals surface area contributed by atoms with Gasteiger partial charge >= 0.3 is 5.97 Å². The van der Waals surface area contributed by atoms with E-state index >= 15 is 0 Å². The predicted octanol–water partition coefficient (Wildman–Crippen LogP) is 5.03. The molecule has 0 aromatic heterocycles. The molecule has 5 nitrogen and oxygen atoms in total. The van der Waals surface area contributed by atoms with Crippen LogP contribution in [0.2, 0.25) is 0 Å². The number of hydrogen-bond acceptors (Lipinski definition) is 5. The molecule has 1 heterocycles. The van der Waals surface area contributed by atoms with Gasteiger partial charge in [-0.15, -0.1) is 0 Å². The standard InChI is InChI=1S/C23H14BrFN2O3/c24-14-7-5-13(6-8-14)23(28)29-15-9-10-17-20(11-15)30-22(27)18(12-26)21(17)16-3-1-2-4-19(16)25/h1-11,21H,27H2. The average molecular weight is 465 g/mol. The van der Waals surface area contributed by atoms with Crippen molar-refractivity contribution in [2.24, 2.45) is 5.73 Å². The van der Waals surface area contributed by atoms with Gasteiger partial charge in [0.2, 0.25) is 5.88 Å². The second kappa shape index (κ2) is 8.01. The van der Waals surface area contributed by atoms with Crippen LogP contribution in [-0.4, -0.2) is 5.97 Å². The topological polar surface area (TPSA) is 85.3 Å². The number of hydrogen-bond donors (Lipinski definition) is 1. The summed E-state index contributed by atoms with van der Waals surface area (Å²) in [4.78, 5) is 12.4. The molecule has 0 spiro atoms. The van der Waals surface area contributed by atoms with Crippen LogP contribution in [0, 0.1) is 17.1 Å². The van der Waals surface area contributed by atoms with Crippen molar-refractivity contribution in [1.82, 2.24) is 0 Å². The number of carbonyl (C=O) groups excluding carboxylic acids is 1. The summed E-state index contributed by atoms with van der Waals surface area (Å²) in [5.41, 5.74) is 7.30. The lowest BCUT2D eigenvalue weighted by Gasteiger charge is -2.27. The molecule has 148 valence electrons. The van der Waals surface area contributed by atoms with Gasteiger partial charge in [0.1, 0.15) is 29.0 Å². The summed E-state index contributed by atoms with van der Waals surface area (Å²) in [6.45, 7) is 0. The normalized spacial score (nSPS) is 15.0. The Morgan fingerprint density at radius 3 is 2.53 bits per heavy atom. The maximum Gasteiger partial charge on any atom is 0.343 e. The number of rotatable bonds is 3. The first-order valence-electron chi connectivity index (χ1n) is 8.91. The van der Waals surface area contributed by atoms with E-state index in [1.165, 1.54) is 12.1 Å². The van der Waals surface area contributed by atoms with E-state index in [0.717, 1.165) is 4.47 Å².